The fraction of sp³-hybridized carbons (Fsp3) is 0.652. The topological polar surface area (TPSA) is 189 Å². The Balaban J connectivity index is 4.52. The van der Waals surface area contributed by atoms with E-state index in [-0.39, 0.29) is 18.6 Å². The van der Waals surface area contributed by atoms with Gasteiger partial charge in [0.2, 0.25) is 0 Å². The second-order valence-corrected chi connectivity index (χ2v) is 16.0. The number of carbonyl (C=O) groups excluding carboxylic acids is 3. The molecule has 0 saturated carbocycles. The third-order valence-electron chi connectivity index (χ3n) is 8.90. The first-order valence-electron chi connectivity index (χ1n) is 21.9. The van der Waals surface area contributed by atoms with Gasteiger partial charge in [0, 0.05) is 19.3 Å². The van der Waals surface area contributed by atoms with E-state index in [1.54, 1.807) is 12.2 Å². The number of ketones is 1. The maximum atomic E-state index is 12.6. The van der Waals surface area contributed by atoms with Crippen molar-refractivity contribution in [3.8, 4) is 0 Å². The molecule has 0 aromatic heterocycles. The fourth-order valence-electron chi connectivity index (χ4n) is 5.39. The largest absolute Gasteiger partial charge is 0.480 e. The van der Waals surface area contributed by atoms with Crippen LogP contribution in [-0.2, 0) is 42.3 Å². The summed E-state index contributed by atoms with van der Waals surface area (Å²) in [6.45, 7) is 2.53. The summed E-state index contributed by atoms with van der Waals surface area (Å²) in [7, 11) is -4.75. The molecule has 0 spiro atoms. The molecule has 0 rings (SSSR count). The molecule has 0 aliphatic carbocycles. The molecule has 0 saturated heterocycles. The molecular formula is C46H76NO11P. The molecule has 3 atom stereocenters. The predicted octanol–water partition coefficient (Wildman–Crippen LogP) is 10.9. The minimum absolute atomic E-state index is 0.114. The van der Waals surface area contributed by atoms with Crippen LogP contribution in [0.3, 0.4) is 0 Å². The number of nitrogens with two attached hydrogens (primary N) is 1. The summed E-state index contributed by atoms with van der Waals surface area (Å²) in [5.41, 5.74) is 5.32. The average molecular weight is 850 g/mol. The van der Waals surface area contributed by atoms with Crippen LogP contribution in [0.2, 0.25) is 0 Å². The van der Waals surface area contributed by atoms with E-state index in [4.69, 9.17) is 24.8 Å². The lowest BCUT2D eigenvalue weighted by molar-refractivity contribution is -0.161. The van der Waals surface area contributed by atoms with E-state index < -0.39 is 57.7 Å². The number of unbranched alkanes of at least 4 members (excludes halogenated alkanes) is 13. The Morgan fingerprint density at radius 1 is 0.576 bits per heavy atom. The molecule has 0 aliphatic rings. The average Bonchev–Trinajstić information content (AvgIpc) is 3.20. The SMILES string of the molecule is CCCCC/C=C\C/C=C\CCCCCCCCCC(=O)O[C@H](COC(=O)CCC/C=C\C/C=C\C/C=C\C=C\C(=O)CCCCC)COP(=O)(O)OC[C@H](N)C(=O)O. The van der Waals surface area contributed by atoms with Gasteiger partial charge in [0.1, 0.15) is 12.6 Å². The minimum atomic E-state index is -4.75. The Labute approximate surface area is 355 Å². The molecule has 12 nitrogen and oxygen atoms in total. The van der Waals surface area contributed by atoms with Gasteiger partial charge in [-0.3, -0.25) is 28.2 Å². The zero-order valence-electron chi connectivity index (χ0n) is 36.1. The Bertz CT molecular complexity index is 1340. The number of esters is 2. The minimum Gasteiger partial charge on any atom is -0.480 e. The summed E-state index contributed by atoms with van der Waals surface area (Å²) in [5.74, 6) is -2.36. The number of hydrogen-bond acceptors (Lipinski definition) is 10. The van der Waals surface area contributed by atoms with Crippen LogP contribution < -0.4 is 5.73 Å². The standard InChI is InChI=1S/C46H76NO11P/c1-3-5-7-8-9-10-11-12-13-14-15-16-19-23-26-29-33-37-45(50)58-42(39-56-59(53,54)57-40-43(47)46(51)52)38-55-44(49)36-32-28-25-22-20-17-18-21-24-27-31-35-41(48)34-30-6-4-2/h9-10,12-13,17-18,22,24-25,27,31,35,42-43H,3-8,11,14-16,19-21,23,26,28-30,32-34,36-40,47H2,1-2H3,(H,51,52)(H,53,54)/b10-9-,13-12-,18-17-,25-22-,27-24-,35-31+/t42-,43+/m1/s1. The smallest absolute Gasteiger partial charge is 0.472 e. The van der Waals surface area contributed by atoms with Crippen LogP contribution in [0, 0.1) is 0 Å². The number of rotatable bonds is 40. The molecule has 0 fully saturated rings. The van der Waals surface area contributed by atoms with Gasteiger partial charge in [-0.1, -0.05) is 138 Å². The fourth-order valence-corrected chi connectivity index (χ4v) is 6.17. The highest BCUT2D eigenvalue weighted by Gasteiger charge is 2.28. The third kappa shape index (κ3) is 39.8. The van der Waals surface area contributed by atoms with Gasteiger partial charge in [0.05, 0.1) is 13.2 Å². The molecule has 0 amide bonds. The zero-order valence-corrected chi connectivity index (χ0v) is 37.0. The van der Waals surface area contributed by atoms with Crippen molar-refractivity contribution in [2.24, 2.45) is 5.73 Å². The van der Waals surface area contributed by atoms with Crippen molar-refractivity contribution in [2.75, 3.05) is 19.8 Å². The molecule has 4 N–H and O–H groups in total. The molecule has 13 heteroatoms. The van der Waals surface area contributed by atoms with Crippen molar-refractivity contribution in [3.63, 3.8) is 0 Å². The van der Waals surface area contributed by atoms with Crippen molar-refractivity contribution in [3.05, 3.63) is 72.9 Å². The number of carboxylic acids is 1. The van der Waals surface area contributed by atoms with E-state index in [0.717, 1.165) is 83.5 Å². The molecule has 1 unspecified atom stereocenters. The highest BCUT2D eigenvalue weighted by atomic mass is 31.2. The zero-order chi connectivity index (χ0) is 43.7. The molecule has 336 valence electrons. The number of hydrogen-bond donors (Lipinski definition) is 3. The molecule has 0 aromatic rings. The molecule has 59 heavy (non-hydrogen) atoms. The molecule has 0 heterocycles. The quantitative estimate of drug-likeness (QED) is 0.0132. The first-order valence-corrected chi connectivity index (χ1v) is 23.4. The Morgan fingerprint density at radius 3 is 1.69 bits per heavy atom. The first-order chi connectivity index (χ1) is 28.5. The van der Waals surface area contributed by atoms with E-state index in [0.29, 0.717) is 25.7 Å². The van der Waals surface area contributed by atoms with E-state index >= 15 is 0 Å². The Morgan fingerprint density at radius 2 is 1.07 bits per heavy atom. The van der Waals surface area contributed by atoms with Crippen molar-refractivity contribution in [1.82, 2.24) is 0 Å². The lowest BCUT2D eigenvalue weighted by Gasteiger charge is -2.20. The summed E-state index contributed by atoms with van der Waals surface area (Å²) < 4.78 is 32.6. The van der Waals surface area contributed by atoms with E-state index in [2.05, 4.69) is 42.7 Å². The van der Waals surface area contributed by atoms with Gasteiger partial charge in [0.25, 0.3) is 0 Å². The number of phosphoric acid groups is 1. The van der Waals surface area contributed by atoms with Crippen molar-refractivity contribution in [1.29, 1.82) is 0 Å². The van der Waals surface area contributed by atoms with Crippen LogP contribution in [-0.4, -0.2) is 65.7 Å². The van der Waals surface area contributed by atoms with Gasteiger partial charge in [-0.05, 0) is 76.7 Å². The Kier molecular flexibility index (Phi) is 37.7. The highest BCUT2D eigenvalue weighted by Crippen LogP contribution is 2.43. The number of aliphatic carboxylic acids is 1. The van der Waals surface area contributed by atoms with Crippen LogP contribution in [0.15, 0.2) is 72.9 Å². The summed E-state index contributed by atoms with van der Waals surface area (Å²) in [4.78, 5) is 57.7. The van der Waals surface area contributed by atoms with Gasteiger partial charge in [-0.25, -0.2) is 4.57 Å². The summed E-state index contributed by atoms with van der Waals surface area (Å²) >= 11 is 0. The summed E-state index contributed by atoms with van der Waals surface area (Å²) in [5, 5.41) is 8.89. The van der Waals surface area contributed by atoms with E-state index in [9.17, 15) is 28.6 Å². The lowest BCUT2D eigenvalue weighted by Crippen LogP contribution is -2.34. The number of ether oxygens (including phenoxy) is 2. The van der Waals surface area contributed by atoms with Crippen molar-refractivity contribution >= 4 is 31.5 Å². The van der Waals surface area contributed by atoms with Gasteiger partial charge in [-0.15, -0.1) is 0 Å². The normalized spacial score (nSPS) is 14.3. The molecule has 0 aliphatic heterocycles. The maximum Gasteiger partial charge on any atom is 0.472 e. The molecular weight excluding hydrogens is 773 g/mol. The van der Waals surface area contributed by atoms with Crippen molar-refractivity contribution in [2.45, 2.75) is 174 Å². The predicted molar refractivity (Wildman–Crippen MR) is 236 cm³/mol. The lowest BCUT2D eigenvalue weighted by atomic mass is 10.1. The van der Waals surface area contributed by atoms with Gasteiger partial charge in [0.15, 0.2) is 11.9 Å². The molecule has 0 bridgehead atoms. The molecule has 0 aromatic carbocycles. The van der Waals surface area contributed by atoms with Crippen LogP contribution in [0.4, 0.5) is 0 Å². The third-order valence-corrected chi connectivity index (χ3v) is 9.85. The summed E-state index contributed by atoms with van der Waals surface area (Å²) in [6, 6.07) is -1.54. The highest BCUT2D eigenvalue weighted by molar-refractivity contribution is 7.47. The molecule has 0 radical (unpaired) electrons. The second kappa shape index (κ2) is 40.0. The second-order valence-electron chi connectivity index (χ2n) is 14.5. The van der Waals surface area contributed by atoms with Crippen LogP contribution in [0.1, 0.15) is 162 Å². The van der Waals surface area contributed by atoms with E-state index in [1.165, 1.54) is 25.7 Å². The van der Waals surface area contributed by atoms with Crippen molar-refractivity contribution < 1.29 is 52.3 Å². The van der Waals surface area contributed by atoms with E-state index in [1.807, 2.05) is 36.5 Å². The summed E-state index contributed by atoms with van der Waals surface area (Å²) in [6.07, 6.45) is 43.8. The monoisotopic (exact) mass is 850 g/mol. The van der Waals surface area contributed by atoms with Gasteiger partial charge < -0.3 is 25.2 Å². The Hall–Kier alpha value is -3.41. The van der Waals surface area contributed by atoms with Gasteiger partial charge >= 0.3 is 25.7 Å². The van der Waals surface area contributed by atoms with Crippen LogP contribution >= 0.6 is 7.82 Å². The maximum absolute atomic E-state index is 12.6. The first kappa shape index (κ1) is 55.6. The number of carboxylic acid groups (broad SMARTS) is 1. The van der Waals surface area contributed by atoms with Gasteiger partial charge in [-0.2, -0.15) is 0 Å². The van der Waals surface area contributed by atoms with Crippen LogP contribution in [0.25, 0.3) is 0 Å². The number of carbonyl (C=O) groups is 4. The van der Waals surface area contributed by atoms with Crippen LogP contribution in [0.5, 0.6) is 0 Å². The number of phosphoric ester groups is 1. The number of allylic oxidation sites excluding steroid dienone is 12.